The van der Waals surface area contributed by atoms with Crippen LogP contribution >= 0.6 is 15.9 Å². The van der Waals surface area contributed by atoms with E-state index in [1.165, 1.54) is 13.3 Å². The highest BCUT2D eigenvalue weighted by molar-refractivity contribution is 9.10. The van der Waals surface area contributed by atoms with E-state index in [-0.39, 0.29) is 24.4 Å². The second-order valence-corrected chi connectivity index (χ2v) is 7.08. The van der Waals surface area contributed by atoms with Gasteiger partial charge in [-0.15, -0.1) is 0 Å². The van der Waals surface area contributed by atoms with Crippen molar-refractivity contribution in [3.05, 3.63) is 34.3 Å². The van der Waals surface area contributed by atoms with Gasteiger partial charge in [-0.25, -0.2) is 0 Å². The monoisotopic (exact) mass is 410 g/mol. The zero-order chi connectivity index (χ0) is 18.2. The number of nitrogens with one attached hydrogen (secondary N) is 2. The number of esters is 1. The minimum Gasteiger partial charge on any atom is -0.451 e. The molecule has 0 radical (unpaired) electrons. The van der Waals surface area contributed by atoms with Crippen molar-refractivity contribution < 1.29 is 19.1 Å². The second-order valence-electron chi connectivity index (χ2n) is 6.17. The summed E-state index contributed by atoms with van der Waals surface area (Å²) in [4.78, 5) is 35.8. The molecule has 1 aromatic carbocycles. The molecule has 0 bridgehead atoms. The average Bonchev–Trinajstić information content (AvgIpc) is 2.61. The lowest BCUT2D eigenvalue weighted by molar-refractivity contribution is -0.154. The summed E-state index contributed by atoms with van der Waals surface area (Å²) in [5.74, 6) is -1.31. The van der Waals surface area contributed by atoms with Crippen LogP contribution in [-0.2, 0) is 14.3 Å². The summed E-state index contributed by atoms with van der Waals surface area (Å²) >= 11 is 3.29. The van der Waals surface area contributed by atoms with Crippen LogP contribution < -0.4 is 10.6 Å². The molecule has 7 heteroatoms. The van der Waals surface area contributed by atoms with Crippen LogP contribution in [0.1, 0.15) is 49.4 Å². The molecule has 1 aliphatic carbocycles. The highest BCUT2D eigenvalue weighted by Gasteiger charge is 2.22. The van der Waals surface area contributed by atoms with E-state index >= 15 is 0 Å². The number of hydrogen-bond donors (Lipinski definition) is 2. The van der Waals surface area contributed by atoms with E-state index in [1.54, 1.807) is 24.3 Å². The molecule has 0 aromatic heterocycles. The molecular formula is C18H23BrN2O4. The molecule has 2 N–H and O–H groups in total. The molecule has 1 saturated carbocycles. The van der Waals surface area contributed by atoms with E-state index in [2.05, 4.69) is 26.6 Å². The quantitative estimate of drug-likeness (QED) is 0.705. The second kappa shape index (κ2) is 9.56. The van der Waals surface area contributed by atoms with Gasteiger partial charge in [0.25, 0.3) is 11.8 Å². The Labute approximate surface area is 155 Å². The smallest absolute Gasteiger partial charge is 0.326 e. The lowest BCUT2D eigenvalue weighted by Crippen LogP contribution is -2.43. The van der Waals surface area contributed by atoms with Gasteiger partial charge >= 0.3 is 5.97 Å². The maximum absolute atomic E-state index is 12.1. The highest BCUT2D eigenvalue weighted by Crippen LogP contribution is 2.17. The Morgan fingerprint density at radius 2 is 1.80 bits per heavy atom. The first-order chi connectivity index (χ1) is 12.0. The van der Waals surface area contributed by atoms with Gasteiger partial charge in [0.05, 0.1) is 0 Å². The maximum Gasteiger partial charge on any atom is 0.326 e. The van der Waals surface area contributed by atoms with Gasteiger partial charge < -0.3 is 15.4 Å². The summed E-state index contributed by atoms with van der Waals surface area (Å²) in [6, 6.07) is 6.94. The van der Waals surface area contributed by atoms with Crippen LogP contribution in [0.15, 0.2) is 28.7 Å². The first-order valence-electron chi connectivity index (χ1n) is 8.49. The van der Waals surface area contributed by atoms with Gasteiger partial charge in [-0.05, 0) is 44.0 Å². The largest absolute Gasteiger partial charge is 0.451 e. The lowest BCUT2D eigenvalue weighted by Gasteiger charge is -2.24. The number of rotatable bonds is 6. The van der Waals surface area contributed by atoms with E-state index in [0.717, 1.165) is 30.2 Å². The van der Waals surface area contributed by atoms with Gasteiger partial charge in [-0.2, -0.15) is 0 Å². The molecule has 6 nitrogen and oxygen atoms in total. The van der Waals surface area contributed by atoms with Crippen molar-refractivity contribution in [1.29, 1.82) is 0 Å². The summed E-state index contributed by atoms with van der Waals surface area (Å²) in [5.41, 5.74) is 0.444. The lowest BCUT2D eigenvalue weighted by atomic mass is 9.95. The molecule has 1 aromatic rings. The summed E-state index contributed by atoms with van der Waals surface area (Å²) in [5, 5.41) is 5.40. The number of amides is 2. The number of carbonyl (C=O) groups is 3. The van der Waals surface area contributed by atoms with Gasteiger partial charge in [0, 0.05) is 16.1 Å². The molecule has 136 valence electrons. The average molecular weight is 411 g/mol. The predicted octanol–water partition coefficient (Wildman–Crippen LogP) is 2.56. The zero-order valence-electron chi connectivity index (χ0n) is 14.2. The fourth-order valence-electron chi connectivity index (χ4n) is 2.71. The van der Waals surface area contributed by atoms with Gasteiger partial charge in [-0.3, -0.25) is 14.4 Å². The highest BCUT2D eigenvalue weighted by atomic mass is 79.9. The van der Waals surface area contributed by atoms with Crippen molar-refractivity contribution >= 4 is 33.7 Å². The predicted molar refractivity (Wildman–Crippen MR) is 97.0 cm³/mol. The molecular weight excluding hydrogens is 388 g/mol. The van der Waals surface area contributed by atoms with E-state index < -0.39 is 12.1 Å². The fraction of sp³-hybridized carbons (Fsp3) is 0.500. The molecule has 0 heterocycles. The molecule has 0 spiro atoms. The van der Waals surface area contributed by atoms with Crippen molar-refractivity contribution in [2.45, 2.75) is 51.2 Å². The van der Waals surface area contributed by atoms with Crippen molar-refractivity contribution in [3.8, 4) is 0 Å². The van der Waals surface area contributed by atoms with Crippen LogP contribution in [0, 0.1) is 0 Å². The Bertz CT molecular complexity index is 612. The number of carbonyl (C=O) groups excluding carboxylic acids is 3. The standard InChI is InChI=1S/C18H23BrN2O4/c1-12(17(23)21-15-5-3-2-4-6-15)25-16(22)11-20-18(24)13-7-9-14(19)10-8-13/h7-10,12,15H,2-6,11H2,1H3,(H,20,24)(H,21,23). The van der Waals surface area contributed by atoms with Crippen molar-refractivity contribution in [1.82, 2.24) is 10.6 Å². The van der Waals surface area contributed by atoms with Crippen LogP contribution in [-0.4, -0.2) is 36.5 Å². The first-order valence-corrected chi connectivity index (χ1v) is 9.28. The molecule has 1 unspecified atom stereocenters. The third-order valence-corrected chi connectivity index (χ3v) is 4.66. The number of benzene rings is 1. The molecule has 2 rings (SSSR count). The van der Waals surface area contributed by atoms with Crippen molar-refractivity contribution in [3.63, 3.8) is 0 Å². The molecule has 0 saturated heterocycles. The van der Waals surface area contributed by atoms with E-state index in [0.29, 0.717) is 5.56 Å². The molecule has 25 heavy (non-hydrogen) atoms. The van der Waals surface area contributed by atoms with Crippen molar-refractivity contribution in [2.24, 2.45) is 0 Å². The van der Waals surface area contributed by atoms with Crippen LogP contribution in [0.3, 0.4) is 0 Å². The van der Waals surface area contributed by atoms with Gasteiger partial charge in [0.15, 0.2) is 6.10 Å². The van der Waals surface area contributed by atoms with Crippen LogP contribution in [0.25, 0.3) is 0 Å². The minimum atomic E-state index is -0.876. The molecule has 0 aliphatic heterocycles. The third kappa shape index (κ3) is 6.49. The van der Waals surface area contributed by atoms with E-state index in [1.807, 2.05) is 0 Å². The van der Waals surface area contributed by atoms with Gasteiger partial charge in [0.2, 0.25) is 0 Å². The van der Waals surface area contributed by atoms with E-state index in [4.69, 9.17) is 4.74 Å². The summed E-state index contributed by atoms with van der Waals surface area (Å²) in [7, 11) is 0. The third-order valence-electron chi connectivity index (χ3n) is 4.13. The topological polar surface area (TPSA) is 84.5 Å². The molecule has 1 fully saturated rings. The van der Waals surface area contributed by atoms with Crippen LogP contribution in [0.5, 0.6) is 0 Å². The summed E-state index contributed by atoms with van der Waals surface area (Å²) in [6.45, 7) is 1.25. The first kappa shape index (κ1) is 19.4. The molecule has 2 amide bonds. The minimum absolute atomic E-state index is 0.166. The van der Waals surface area contributed by atoms with Crippen LogP contribution in [0.2, 0.25) is 0 Å². The molecule has 1 aliphatic rings. The Morgan fingerprint density at radius 1 is 1.16 bits per heavy atom. The van der Waals surface area contributed by atoms with E-state index in [9.17, 15) is 14.4 Å². The Kier molecular flexibility index (Phi) is 7.43. The normalized spacial score (nSPS) is 15.9. The Balaban J connectivity index is 1.72. The van der Waals surface area contributed by atoms with Crippen LogP contribution in [0.4, 0.5) is 0 Å². The maximum atomic E-state index is 12.1. The Morgan fingerprint density at radius 3 is 2.44 bits per heavy atom. The fourth-order valence-corrected chi connectivity index (χ4v) is 2.98. The van der Waals surface area contributed by atoms with Crippen molar-refractivity contribution in [2.75, 3.05) is 6.54 Å². The summed E-state index contributed by atoms with van der Waals surface area (Å²) in [6.07, 6.45) is 4.49. The summed E-state index contributed by atoms with van der Waals surface area (Å²) < 4.78 is 5.95. The van der Waals surface area contributed by atoms with Gasteiger partial charge in [0.1, 0.15) is 6.54 Å². The molecule has 1 atom stereocenters. The Hall–Kier alpha value is -1.89. The zero-order valence-corrected chi connectivity index (χ0v) is 15.8. The number of ether oxygens (including phenoxy) is 1. The number of hydrogen-bond acceptors (Lipinski definition) is 4. The number of halogens is 1. The van der Waals surface area contributed by atoms with Gasteiger partial charge in [-0.1, -0.05) is 35.2 Å². The SMILES string of the molecule is CC(OC(=O)CNC(=O)c1ccc(Br)cc1)C(=O)NC1CCCCC1.